The highest BCUT2D eigenvalue weighted by molar-refractivity contribution is 6.30. The summed E-state index contributed by atoms with van der Waals surface area (Å²) in [5.41, 5.74) is 1.51. The molecule has 0 nitrogen and oxygen atoms in total. The van der Waals surface area contributed by atoms with Crippen LogP contribution < -0.4 is 0 Å². The maximum Gasteiger partial charge on any atom is 0.0406 e. The highest BCUT2D eigenvalue weighted by atomic mass is 35.5. The van der Waals surface area contributed by atoms with Crippen LogP contribution in [-0.2, 0) is 0 Å². The number of fused-ring (bicyclic) bond motifs is 1. The smallest absolute Gasteiger partial charge is 0.0406 e. The zero-order chi connectivity index (χ0) is 13.2. The average molecular weight is 277 g/mol. The van der Waals surface area contributed by atoms with Gasteiger partial charge in [0, 0.05) is 5.02 Å². The van der Waals surface area contributed by atoms with Crippen molar-refractivity contribution in [3.8, 4) is 0 Å². The summed E-state index contributed by atoms with van der Waals surface area (Å²) >= 11 is 5.99. The quantitative estimate of drug-likeness (QED) is 0.617. The molecule has 1 heteroatoms. The zero-order valence-electron chi connectivity index (χ0n) is 11.9. The Hall–Kier alpha value is -0.490. The van der Waals surface area contributed by atoms with Crippen LogP contribution in [0.5, 0.6) is 0 Å². The molecule has 4 atom stereocenters. The van der Waals surface area contributed by atoms with Crippen LogP contribution in [0.2, 0.25) is 5.02 Å². The highest BCUT2D eigenvalue weighted by Gasteiger charge is 2.35. The zero-order valence-corrected chi connectivity index (χ0v) is 12.7. The van der Waals surface area contributed by atoms with E-state index in [0.717, 1.165) is 28.7 Å². The van der Waals surface area contributed by atoms with E-state index in [1.54, 1.807) is 0 Å². The van der Waals surface area contributed by atoms with Gasteiger partial charge in [0.25, 0.3) is 0 Å². The van der Waals surface area contributed by atoms with Gasteiger partial charge in [-0.1, -0.05) is 43.5 Å². The van der Waals surface area contributed by atoms with Gasteiger partial charge in [-0.2, -0.15) is 0 Å². The predicted octanol–water partition coefficient (Wildman–Crippen LogP) is 6.05. The summed E-state index contributed by atoms with van der Waals surface area (Å²) in [6.45, 7) is 2.37. The van der Waals surface area contributed by atoms with Crippen LogP contribution in [0.15, 0.2) is 24.3 Å². The maximum absolute atomic E-state index is 5.99. The Kier molecular flexibility index (Phi) is 4.17. The third-order valence-electron chi connectivity index (χ3n) is 5.64. The summed E-state index contributed by atoms with van der Waals surface area (Å²) in [4.78, 5) is 0. The van der Waals surface area contributed by atoms with E-state index >= 15 is 0 Å². The molecule has 0 saturated heterocycles. The van der Waals surface area contributed by atoms with E-state index in [2.05, 4.69) is 31.2 Å². The molecule has 2 aliphatic carbocycles. The van der Waals surface area contributed by atoms with Gasteiger partial charge >= 0.3 is 0 Å². The second kappa shape index (κ2) is 5.87. The van der Waals surface area contributed by atoms with Gasteiger partial charge in [-0.15, -0.1) is 0 Å². The fourth-order valence-corrected chi connectivity index (χ4v) is 4.52. The summed E-state index contributed by atoms with van der Waals surface area (Å²) < 4.78 is 0. The van der Waals surface area contributed by atoms with Crippen molar-refractivity contribution in [2.75, 3.05) is 0 Å². The van der Waals surface area contributed by atoms with Crippen LogP contribution >= 0.6 is 11.6 Å². The molecule has 0 spiro atoms. The molecule has 4 unspecified atom stereocenters. The van der Waals surface area contributed by atoms with Crippen molar-refractivity contribution in [3.05, 3.63) is 34.9 Å². The molecule has 0 N–H and O–H groups in total. The molecule has 3 rings (SSSR count). The van der Waals surface area contributed by atoms with E-state index in [-0.39, 0.29) is 0 Å². The fourth-order valence-electron chi connectivity index (χ4n) is 4.39. The first-order valence-corrected chi connectivity index (χ1v) is 8.39. The van der Waals surface area contributed by atoms with Crippen LogP contribution in [0.3, 0.4) is 0 Å². The number of hydrogen-bond acceptors (Lipinski definition) is 0. The first-order chi connectivity index (χ1) is 9.26. The minimum atomic E-state index is 0.789. The molecule has 2 aliphatic rings. The lowest BCUT2D eigenvalue weighted by atomic mass is 9.63. The minimum absolute atomic E-state index is 0.789. The van der Waals surface area contributed by atoms with Crippen molar-refractivity contribution >= 4 is 11.6 Å². The number of hydrogen-bond donors (Lipinski definition) is 0. The Morgan fingerprint density at radius 2 is 1.63 bits per heavy atom. The number of rotatable bonds is 2. The largest absolute Gasteiger partial charge is 0.0843 e. The number of halogens is 1. The third kappa shape index (κ3) is 2.99. The molecule has 0 heterocycles. The van der Waals surface area contributed by atoms with E-state index in [1.165, 1.54) is 50.5 Å². The lowest BCUT2D eigenvalue weighted by molar-refractivity contribution is 0.116. The molecule has 104 valence electrons. The second-order valence-electron chi connectivity index (χ2n) is 6.67. The van der Waals surface area contributed by atoms with E-state index in [9.17, 15) is 0 Å². The lowest BCUT2D eigenvalue weighted by Gasteiger charge is -2.42. The molecule has 2 fully saturated rings. The standard InChI is InChI=1S/C18H25Cl/c1-2-13-3-4-17-12-16(6-5-15(17)11-13)14-7-9-18(19)10-8-14/h7-10,13,15-17H,2-6,11-12H2,1H3. The second-order valence-corrected chi connectivity index (χ2v) is 7.11. The number of benzene rings is 1. The van der Waals surface area contributed by atoms with Crippen LogP contribution in [0.4, 0.5) is 0 Å². The molecule has 1 aromatic carbocycles. The van der Waals surface area contributed by atoms with Crippen molar-refractivity contribution in [1.82, 2.24) is 0 Å². The maximum atomic E-state index is 5.99. The normalized spacial score (nSPS) is 34.8. The van der Waals surface area contributed by atoms with Gasteiger partial charge in [0.2, 0.25) is 0 Å². The molecule has 0 bridgehead atoms. The van der Waals surface area contributed by atoms with Gasteiger partial charge in [0.15, 0.2) is 0 Å². The summed E-state index contributed by atoms with van der Waals surface area (Å²) in [6.07, 6.45) is 10.1. The first kappa shape index (κ1) is 13.5. The highest BCUT2D eigenvalue weighted by Crippen LogP contribution is 2.48. The van der Waals surface area contributed by atoms with Gasteiger partial charge in [-0.25, -0.2) is 0 Å². The van der Waals surface area contributed by atoms with E-state index in [0.29, 0.717) is 0 Å². The Morgan fingerprint density at radius 3 is 2.37 bits per heavy atom. The molecule has 19 heavy (non-hydrogen) atoms. The summed E-state index contributed by atoms with van der Waals surface area (Å²) in [6, 6.07) is 8.59. The molecule has 0 amide bonds. The predicted molar refractivity (Wildman–Crippen MR) is 82.7 cm³/mol. The summed E-state index contributed by atoms with van der Waals surface area (Å²) in [7, 11) is 0. The SMILES string of the molecule is CCC1CCC2CC(c3ccc(Cl)cc3)CCC2C1. The molecular formula is C18H25Cl. The van der Waals surface area contributed by atoms with Gasteiger partial charge in [-0.05, 0) is 73.5 Å². The van der Waals surface area contributed by atoms with Crippen molar-refractivity contribution in [1.29, 1.82) is 0 Å². The van der Waals surface area contributed by atoms with Gasteiger partial charge in [0.1, 0.15) is 0 Å². The van der Waals surface area contributed by atoms with Crippen LogP contribution in [-0.4, -0.2) is 0 Å². The Morgan fingerprint density at radius 1 is 0.947 bits per heavy atom. The fraction of sp³-hybridized carbons (Fsp3) is 0.667. The molecule has 0 radical (unpaired) electrons. The summed E-state index contributed by atoms with van der Waals surface area (Å²) in [5.74, 6) is 3.84. The summed E-state index contributed by atoms with van der Waals surface area (Å²) in [5, 5.41) is 0.862. The van der Waals surface area contributed by atoms with Crippen LogP contribution in [0.1, 0.15) is 63.4 Å². The Balaban J connectivity index is 1.65. The van der Waals surface area contributed by atoms with Crippen LogP contribution in [0, 0.1) is 17.8 Å². The van der Waals surface area contributed by atoms with Crippen molar-refractivity contribution in [2.45, 2.75) is 57.8 Å². The van der Waals surface area contributed by atoms with Crippen LogP contribution in [0.25, 0.3) is 0 Å². The van der Waals surface area contributed by atoms with Gasteiger partial charge in [-0.3, -0.25) is 0 Å². The monoisotopic (exact) mass is 276 g/mol. The average Bonchev–Trinajstić information content (AvgIpc) is 2.47. The Labute approximate surface area is 122 Å². The van der Waals surface area contributed by atoms with Crippen molar-refractivity contribution < 1.29 is 0 Å². The minimum Gasteiger partial charge on any atom is -0.0843 e. The van der Waals surface area contributed by atoms with Gasteiger partial charge < -0.3 is 0 Å². The molecular weight excluding hydrogens is 252 g/mol. The Bertz CT molecular complexity index is 408. The van der Waals surface area contributed by atoms with Gasteiger partial charge in [0.05, 0.1) is 0 Å². The topological polar surface area (TPSA) is 0 Å². The van der Waals surface area contributed by atoms with Crippen molar-refractivity contribution in [2.24, 2.45) is 17.8 Å². The van der Waals surface area contributed by atoms with Crippen molar-refractivity contribution in [3.63, 3.8) is 0 Å². The van der Waals surface area contributed by atoms with E-state index in [4.69, 9.17) is 11.6 Å². The molecule has 2 saturated carbocycles. The molecule has 0 aliphatic heterocycles. The van der Waals surface area contributed by atoms with E-state index < -0.39 is 0 Å². The lowest BCUT2D eigenvalue weighted by Crippen LogP contribution is -2.30. The third-order valence-corrected chi connectivity index (χ3v) is 5.89. The van der Waals surface area contributed by atoms with E-state index in [1.807, 2.05) is 0 Å². The molecule has 1 aromatic rings. The first-order valence-electron chi connectivity index (χ1n) is 8.01. The molecule has 0 aromatic heterocycles.